The summed E-state index contributed by atoms with van der Waals surface area (Å²) in [4.78, 5) is 4.86. The van der Waals surface area contributed by atoms with Crippen molar-refractivity contribution in [3.05, 3.63) is 89.6 Å². The molecular formula is C28H27N. The normalized spacial score (nSPS) is 14.7. The van der Waals surface area contributed by atoms with Gasteiger partial charge < -0.3 is 0 Å². The van der Waals surface area contributed by atoms with Crippen molar-refractivity contribution in [3.63, 3.8) is 0 Å². The third-order valence-corrected chi connectivity index (χ3v) is 6.45. The van der Waals surface area contributed by atoms with Crippen LogP contribution in [0.4, 0.5) is 0 Å². The van der Waals surface area contributed by atoms with Crippen molar-refractivity contribution >= 4 is 10.8 Å². The third-order valence-electron chi connectivity index (χ3n) is 6.45. The van der Waals surface area contributed by atoms with E-state index in [1.807, 2.05) is 6.20 Å². The largest absolute Gasteiger partial charge is 0.256 e. The van der Waals surface area contributed by atoms with Crippen LogP contribution in [-0.4, -0.2) is 4.98 Å². The van der Waals surface area contributed by atoms with Gasteiger partial charge in [-0.15, -0.1) is 0 Å². The quantitative estimate of drug-likeness (QED) is 0.334. The Morgan fingerprint density at radius 3 is 2.07 bits per heavy atom. The van der Waals surface area contributed by atoms with Gasteiger partial charge in [0.25, 0.3) is 0 Å². The van der Waals surface area contributed by atoms with Crippen molar-refractivity contribution < 1.29 is 0 Å². The van der Waals surface area contributed by atoms with E-state index in [2.05, 4.69) is 101 Å². The summed E-state index contributed by atoms with van der Waals surface area (Å²) in [6, 6.07) is 24.5. The lowest BCUT2D eigenvalue weighted by Gasteiger charge is -2.24. The lowest BCUT2D eigenvalue weighted by Crippen LogP contribution is -2.17. The second kappa shape index (κ2) is 6.03. The molecule has 1 heteroatoms. The summed E-state index contributed by atoms with van der Waals surface area (Å²) in [6.45, 7) is 11.4. The Morgan fingerprint density at radius 1 is 0.759 bits per heavy atom. The Kier molecular flexibility index (Phi) is 3.77. The average molecular weight is 378 g/mol. The molecule has 144 valence electrons. The van der Waals surface area contributed by atoms with Crippen LogP contribution in [0.3, 0.4) is 0 Å². The summed E-state index contributed by atoms with van der Waals surface area (Å²) in [7, 11) is 0. The fourth-order valence-corrected chi connectivity index (χ4v) is 4.78. The van der Waals surface area contributed by atoms with E-state index >= 15 is 0 Å². The monoisotopic (exact) mass is 377 g/mol. The molecule has 0 atom stereocenters. The molecule has 0 aliphatic heterocycles. The molecule has 1 nitrogen and oxygen atoms in total. The van der Waals surface area contributed by atoms with Crippen LogP contribution < -0.4 is 0 Å². The molecular weight excluding hydrogens is 350 g/mol. The van der Waals surface area contributed by atoms with Gasteiger partial charge in [0.15, 0.2) is 0 Å². The molecule has 0 spiro atoms. The van der Waals surface area contributed by atoms with Crippen LogP contribution in [0.1, 0.15) is 51.3 Å². The number of rotatable bonds is 1. The first-order valence-electron chi connectivity index (χ1n) is 10.4. The number of pyridine rings is 1. The van der Waals surface area contributed by atoms with E-state index in [-0.39, 0.29) is 10.8 Å². The maximum Gasteiger partial charge on any atom is 0.0748 e. The van der Waals surface area contributed by atoms with Crippen LogP contribution in [0, 0.1) is 0 Å². The Hall–Kier alpha value is -2.93. The zero-order valence-electron chi connectivity index (χ0n) is 17.9. The van der Waals surface area contributed by atoms with Gasteiger partial charge in [0.05, 0.1) is 5.69 Å². The van der Waals surface area contributed by atoms with Gasteiger partial charge in [0.2, 0.25) is 0 Å². The van der Waals surface area contributed by atoms with Gasteiger partial charge in [0, 0.05) is 17.2 Å². The Morgan fingerprint density at radius 2 is 1.41 bits per heavy atom. The SMILES string of the molecule is CC(C)(C)c1ccc(-c2nccc3c2C(C)(C)c2cc4ccccc4cc2-3)cc1. The van der Waals surface area contributed by atoms with E-state index in [0.29, 0.717) is 0 Å². The van der Waals surface area contributed by atoms with Crippen molar-refractivity contribution in [1.82, 2.24) is 4.98 Å². The zero-order valence-corrected chi connectivity index (χ0v) is 17.9. The van der Waals surface area contributed by atoms with E-state index < -0.39 is 0 Å². The lowest BCUT2D eigenvalue weighted by molar-refractivity contribution is 0.590. The number of fused-ring (bicyclic) bond motifs is 4. The number of hydrogen-bond acceptors (Lipinski definition) is 1. The third kappa shape index (κ3) is 2.72. The maximum absolute atomic E-state index is 4.86. The fraction of sp³-hybridized carbons (Fsp3) is 0.250. The van der Waals surface area contributed by atoms with E-state index in [0.717, 1.165) is 5.69 Å². The first kappa shape index (κ1) is 18.1. The van der Waals surface area contributed by atoms with Crippen molar-refractivity contribution in [2.75, 3.05) is 0 Å². The first-order chi connectivity index (χ1) is 13.8. The molecule has 3 aromatic carbocycles. The molecule has 0 unspecified atom stereocenters. The van der Waals surface area contributed by atoms with Crippen LogP contribution in [0.5, 0.6) is 0 Å². The average Bonchev–Trinajstić information content (AvgIpc) is 2.93. The highest BCUT2D eigenvalue weighted by atomic mass is 14.7. The van der Waals surface area contributed by atoms with Crippen LogP contribution in [0.2, 0.25) is 0 Å². The van der Waals surface area contributed by atoms with Crippen LogP contribution in [0.25, 0.3) is 33.2 Å². The zero-order chi connectivity index (χ0) is 20.4. The number of aromatic nitrogens is 1. The number of benzene rings is 3. The Balaban J connectivity index is 1.73. The molecule has 1 aliphatic rings. The molecule has 29 heavy (non-hydrogen) atoms. The number of nitrogens with zero attached hydrogens (tertiary/aromatic N) is 1. The molecule has 0 amide bonds. The van der Waals surface area contributed by atoms with Crippen molar-refractivity contribution in [1.29, 1.82) is 0 Å². The molecule has 0 saturated carbocycles. The molecule has 1 aromatic heterocycles. The molecule has 5 rings (SSSR count). The summed E-state index contributed by atoms with van der Waals surface area (Å²) < 4.78 is 0. The second-order valence-electron chi connectivity index (χ2n) is 9.78. The van der Waals surface area contributed by atoms with Gasteiger partial charge in [-0.1, -0.05) is 83.1 Å². The molecule has 0 N–H and O–H groups in total. The topological polar surface area (TPSA) is 12.9 Å². The minimum absolute atomic E-state index is 0.0824. The highest BCUT2D eigenvalue weighted by Crippen LogP contribution is 2.52. The summed E-state index contributed by atoms with van der Waals surface area (Å²) in [5.74, 6) is 0. The molecule has 0 fully saturated rings. The van der Waals surface area contributed by atoms with Gasteiger partial charge in [0.1, 0.15) is 0 Å². The molecule has 1 aliphatic carbocycles. The molecule has 0 radical (unpaired) electrons. The molecule has 0 saturated heterocycles. The van der Waals surface area contributed by atoms with E-state index in [1.165, 1.54) is 44.2 Å². The van der Waals surface area contributed by atoms with Crippen LogP contribution in [0.15, 0.2) is 72.9 Å². The highest BCUT2D eigenvalue weighted by molar-refractivity contribution is 5.95. The maximum atomic E-state index is 4.86. The van der Waals surface area contributed by atoms with Gasteiger partial charge in [-0.3, -0.25) is 4.98 Å². The van der Waals surface area contributed by atoms with Crippen LogP contribution in [-0.2, 0) is 10.8 Å². The van der Waals surface area contributed by atoms with Gasteiger partial charge in [-0.25, -0.2) is 0 Å². The highest BCUT2D eigenvalue weighted by Gasteiger charge is 2.38. The van der Waals surface area contributed by atoms with Crippen LogP contribution >= 0.6 is 0 Å². The van der Waals surface area contributed by atoms with Crippen molar-refractivity contribution in [2.45, 2.75) is 45.4 Å². The van der Waals surface area contributed by atoms with E-state index in [4.69, 9.17) is 4.98 Å². The summed E-state index contributed by atoms with van der Waals surface area (Å²) in [5.41, 5.74) is 9.12. The molecule has 4 aromatic rings. The summed E-state index contributed by atoms with van der Waals surface area (Å²) in [6.07, 6.45) is 1.96. The minimum Gasteiger partial charge on any atom is -0.256 e. The summed E-state index contributed by atoms with van der Waals surface area (Å²) >= 11 is 0. The van der Waals surface area contributed by atoms with E-state index in [9.17, 15) is 0 Å². The van der Waals surface area contributed by atoms with Crippen molar-refractivity contribution in [2.24, 2.45) is 0 Å². The van der Waals surface area contributed by atoms with Gasteiger partial charge in [-0.2, -0.15) is 0 Å². The Bertz CT molecular complexity index is 1240. The standard InChI is InChI=1S/C28H27N/c1-27(2,3)21-12-10-18(11-13-21)26-25-22(14-15-29-26)23-16-19-8-6-7-9-20(19)17-24(23)28(25,4)5/h6-17H,1-5H3. The first-order valence-corrected chi connectivity index (χ1v) is 10.4. The predicted molar refractivity (Wildman–Crippen MR) is 123 cm³/mol. The smallest absolute Gasteiger partial charge is 0.0748 e. The number of hydrogen-bond donors (Lipinski definition) is 0. The van der Waals surface area contributed by atoms with Gasteiger partial charge >= 0.3 is 0 Å². The second-order valence-corrected chi connectivity index (χ2v) is 9.78. The van der Waals surface area contributed by atoms with Crippen molar-refractivity contribution in [3.8, 4) is 22.4 Å². The minimum atomic E-state index is -0.0824. The van der Waals surface area contributed by atoms with E-state index in [1.54, 1.807) is 0 Å². The fourth-order valence-electron chi connectivity index (χ4n) is 4.78. The molecule has 0 bridgehead atoms. The molecule has 1 heterocycles. The van der Waals surface area contributed by atoms with Gasteiger partial charge in [-0.05, 0) is 62.2 Å². The summed E-state index contributed by atoms with van der Waals surface area (Å²) in [5, 5.41) is 2.60. The Labute approximate surface area is 173 Å². The lowest BCUT2D eigenvalue weighted by atomic mass is 9.79. The predicted octanol–water partition coefficient (Wildman–Crippen LogP) is 7.51.